The van der Waals surface area contributed by atoms with Gasteiger partial charge in [-0.15, -0.1) is 0 Å². The minimum absolute atomic E-state index is 0.149. The highest BCUT2D eigenvalue weighted by atomic mass is 16.7. The topological polar surface area (TPSA) is 44.8 Å². The zero-order valence-corrected chi connectivity index (χ0v) is 16.9. The van der Waals surface area contributed by atoms with Crippen molar-refractivity contribution in [2.45, 2.75) is 91.5 Å². The molecule has 146 valence electrons. The second-order valence-corrected chi connectivity index (χ2v) is 7.91. The summed E-state index contributed by atoms with van der Waals surface area (Å²) in [6.07, 6.45) is 11.9. The Morgan fingerprint density at radius 2 is 2.08 bits per heavy atom. The molecule has 1 heterocycles. The van der Waals surface area contributed by atoms with Gasteiger partial charge in [-0.2, -0.15) is 0 Å². The summed E-state index contributed by atoms with van der Waals surface area (Å²) in [5.41, 5.74) is 0. The number of ether oxygens (including phenoxy) is 3. The summed E-state index contributed by atoms with van der Waals surface area (Å²) in [5, 5.41) is 0. The monoisotopic (exact) mass is 354 g/mol. The van der Waals surface area contributed by atoms with Crippen LogP contribution in [0.25, 0.3) is 0 Å². The predicted molar refractivity (Wildman–Crippen MR) is 101 cm³/mol. The number of carbonyl (C=O) groups is 1. The van der Waals surface area contributed by atoms with Crippen molar-refractivity contribution >= 4 is 5.97 Å². The number of hydrogen-bond donors (Lipinski definition) is 0. The lowest BCUT2D eigenvalue weighted by Crippen LogP contribution is -2.25. The first-order chi connectivity index (χ1) is 11.8. The molecule has 3 unspecified atom stereocenters. The normalized spacial score (nSPS) is 22.2. The highest BCUT2D eigenvalue weighted by Gasteiger charge is 2.33. The fraction of sp³-hybridized carbons (Fsp3) is 0.857. The molecule has 1 aliphatic heterocycles. The number of rotatable bonds is 12. The SMILES string of the molecule is CCCCCC(C)CC(C)/C=C/CCC(=O)OCC1COC(C)(C)O1. The average molecular weight is 355 g/mol. The molecule has 0 amide bonds. The molecule has 0 aromatic rings. The largest absolute Gasteiger partial charge is 0.463 e. The van der Waals surface area contributed by atoms with Crippen LogP contribution in [0.15, 0.2) is 12.2 Å². The third kappa shape index (κ3) is 10.7. The summed E-state index contributed by atoms with van der Waals surface area (Å²) in [4.78, 5) is 11.8. The Morgan fingerprint density at radius 3 is 2.72 bits per heavy atom. The Hall–Kier alpha value is -0.870. The molecule has 0 aromatic heterocycles. The van der Waals surface area contributed by atoms with Gasteiger partial charge in [0.05, 0.1) is 6.61 Å². The molecule has 0 spiro atoms. The molecule has 0 saturated carbocycles. The summed E-state index contributed by atoms with van der Waals surface area (Å²) < 4.78 is 16.3. The zero-order chi connectivity index (χ0) is 18.7. The van der Waals surface area contributed by atoms with E-state index >= 15 is 0 Å². The van der Waals surface area contributed by atoms with E-state index in [0.717, 1.165) is 12.3 Å². The lowest BCUT2D eigenvalue weighted by molar-refractivity contribution is -0.158. The first-order valence-corrected chi connectivity index (χ1v) is 9.96. The maximum absolute atomic E-state index is 11.8. The van der Waals surface area contributed by atoms with Crippen LogP contribution < -0.4 is 0 Å². The van der Waals surface area contributed by atoms with Crippen molar-refractivity contribution < 1.29 is 19.0 Å². The Bertz CT molecular complexity index is 403. The summed E-state index contributed by atoms with van der Waals surface area (Å²) in [7, 11) is 0. The molecule has 0 radical (unpaired) electrons. The van der Waals surface area contributed by atoms with Crippen LogP contribution in [0.3, 0.4) is 0 Å². The van der Waals surface area contributed by atoms with Gasteiger partial charge in [0.15, 0.2) is 5.79 Å². The van der Waals surface area contributed by atoms with Crippen LogP contribution >= 0.6 is 0 Å². The molecule has 3 atom stereocenters. The Labute approximate surface area is 154 Å². The molecule has 0 aromatic carbocycles. The van der Waals surface area contributed by atoms with E-state index in [9.17, 15) is 4.79 Å². The fourth-order valence-electron chi connectivity index (χ4n) is 3.21. The van der Waals surface area contributed by atoms with Crippen molar-refractivity contribution in [3.05, 3.63) is 12.2 Å². The standard InChI is InChI=1S/C21H38O4/c1-6-7-8-11-17(2)14-18(3)12-9-10-13-20(22)23-15-19-16-24-21(4,5)25-19/h9,12,17-19H,6-8,10-11,13-16H2,1-5H3/b12-9+. The van der Waals surface area contributed by atoms with Crippen LogP contribution in [0.1, 0.15) is 79.6 Å². The molecule has 0 aliphatic carbocycles. The molecule has 25 heavy (non-hydrogen) atoms. The molecule has 4 heteroatoms. The molecule has 1 rings (SSSR count). The molecular formula is C21H38O4. The van der Waals surface area contributed by atoms with Crippen molar-refractivity contribution in [2.75, 3.05) is 13.2 Å². The first kappa shape index (κ1) is 22.2. The minimum atomic E-state index is -0.566. The van der Waals surface area contributed by atoms with Gasteiger partial charge in [0.25, 0.3) is 0 Å². The van der Waals surface area contributed by atoms with E-state index in [0.29, 0.717) is 18.9 Å². The molecule has 4 nitrogen and oxygen atoms in total. The Morgan fingerprint density at radius 1 is 1.32 bits per heavy atom. The number of hydrogen-bond acceptors (Lipinski definition) is 4. The van der Waals surface area contributed by atoms with Crippen molar-refractivity contribution in [1.82, 2.24) is 0 Å². The molecule has 0 N–H and O–H groups in total. The maximum atomic E-state index is 11.8. The molecular weight excluding hydrogens is 316 g/mol. The summed E-state index contributed by atoms with van der Waals surface area (Å²) in [6, 6.07) is 0. The van der Waals surface area contributed by atoms with Gasteiger partial charge in [0.1, 0.15) is 12.7 Å². The van der Waals surface area contributed by atoms with E-state index in [1.165, 1.54) is 32.1 Å². The number of esters is 1. The quantitative estimate of drug-likeness (QED) is 0.272. The number of allylic oxidation sites excluding steroid dienone is 2. The van der Waals surface area contributed by atoms with Gasteiger partial charge in [-0.05, 0) is 38.5 Å². The van der Waals surface area contributed by atoms with Crippen LogP contribution in [0, 0.1) is 11.8 Å². The van der Waals surface area contributed by atoms with E-state index in [1.807, 2.05) is 13.8 Å². The lowest BCUT2D eigenvalue weighted by atomic mass is 9.92. The summed E-state index contributed by atoms with van der Waals surface area (Å²) in [6.45, 7) is 11.3. The average Bonchev–Trinajstić information content (AvgIpc) is 2.89. The number of carbonyl (C=O) groups excluding carboxylic acids is 1. The summed E-state index contributed by atoms with van der Waals surface area (Å²) in [5.74, 6) is 0.607. The second-order valence-electron chi connectivity index (χ2n) is 7.91. The smallest absolute Gasteiger partial charge is 0.306 e. The van der Waals surface area contributed by atoms with E-state index in [2.05, 4.69) is 32.9 Å². The van der Waals surface area contributed by atoms with Crippen LogP contribution in [0.5, 0.6) is 0 Å². The van der Waals surface area contributed by atoms with Crippen LogP contribution in [0.4, 0.5) is 0 Å². The van der Waals surface area contributed by atoms with Gasteiger partial charge in [-0.25, -0.2) is 0 Å². The van der Waals surface area contributed by atoms with Gasteiger partial charge >= 0.3 is 5.97 Å². The van der Waals surface area contributed by atoms with E-state index in [1.54, 1.807) is 0 Å². The molecule has 0 bridgehead atoms. The van der Waals surface area contributed by atoms with Crippen LogP contribution in [-0.2, 0) is 19.0 Å². The second kappa shape index (κ2) is 11.7. The third-order valence-electron chi connectivity index (χ3n) is 4.55. The molecule has 1 fully saturated rings. The third-order valence-corrected chi connectivity index (χ3v) is 4.55. The van der Waals surface area contributed by atoms with Crippen molar-refractivity contribution in [2.24, 2.45) is 11.8 Å². The molecule has 1 aliphatic rings. The van der Waals surface area contributed by atoms with Crippen LogP contribution in [-0.4, -0.2) is 31.1 Å². The highest BCUT2D eigenvalue weighted by Crippen LogP contribution is 2.22. The van der Waals surface area contributed by atoms with Crippen molar-refractivity contribution in [3.8, 4) is 0 Å². The summed E-state index contributed by atoms with van der Waals surface area (Å²) >= 11 is 0. The maximum Gasteiger partial charge on any atom is 0.306 e. The van der Waals surface area contributed by atoms with Crippen molar-refractivity contribution in [1.29, 1.82) is 0 Å². The van der Waals surface area contributed by atoms with E-state index in [-0.39, 0.29) is 18.7 Å². The first-order valence-electron chi connectivity index (χ1n) is 9.96. The van der Waals surface area contributed by atoms with E-state index in [4.69, 9.17) is 14.2 Å². The zero-order valence-electron chi connectivity index (χ0n) is 16.9. The minimum Gasteiger partial charge on any atom is -0.463 e. The van der Waals surface area contributed by atoms with Gasteiger partial charge in [0.2, 0.25) is 0 Å². The van der Waals surface area contributed by atoms with Crippen LogP contribution in [0.2, 0.25) is 0 Å². The van der Waals surface area contributed by atoms with Gasteiger partial charge < -0.3 is 14.2 Å². The highest BCUT2D eigenvalue weighted by molar-refractivity contribution is 5.69. The Kier molecular flexibility index (Phi) is 10.4. The van der Waals surface area contributed by atoms with Gasteiger partial charge in [0, 0.05) is 6.42 Å². The fourth-order valence-corrected chi connectivity index (χ4v) is 3.21. The number of unbranched alkanes of at least 4 members (excludes halogenated alkanes) is 2. The Balaban J connectivity index is 2.08. The van der Waals surface area contributed by atoms with Gasteiger partial charge in [-0.3, -0.25) is 4.79 Å². The predicted octanol–water partition coefficient (Wildman–Crippen LogP) is 5.26. The molecule has 1 saturated heterocycles. The van der Waals surface area contributed by atoms with E-state index < -0.39 is 5.79 Å². The van der Waals surface area contributed by atoms with Crippen molar-refractivity contribution in [3.63, 3.8) is 0 Å². The lowest BCUT2D eigenvalue weighted by Gasteiger charge is -2.16. The van der Waals surface area contributed by atoms with Gasteiger partial charge in [-0.1, -0.05) is 58.6 Å².